The second kappa shape index (κ2) is 27.1. The van der Waals surface area contributed by atoms with Gasteiger partial charge in [-0.05, 0) is 6.42 Å². The van der Waals surface area contributed by atoms with Crippen LogP contribution >= 0.6 is 0 Å². The molecule has 0 aromatic heterocycles. The molecule has 0 aromatic carbocycles. The summed E-state index contributed by atoms with van der Waals surface area (Å²) >= 11 is 0. The summed E-state index contributed by atoms with van der Waals surface area (Å²) in [5.41, 5.74) is 0. The first-order chi connectivity index (χ1) is 1.91. The van der Waals surface area contributed by atoms with Crippen molar-refractivity contribution in [3.63, 3.8) is 0 Å². The molecule has 0 aliphatic rings. The third-order valence-corrected chi connectivity index (χ3v) is 0.289. The Balaban J connectivity index is -0.0000000150. The van der Waals surface area contributed by atoms with Crippen LogP contribution in [0.15, 0.2) is 12.7 Å². The van der Waals surface area contributed by atoms with E-state index < -0.39 is 0 Å². The molecule has 0 unspecified atom stereocenters. The van der Waals surface area contributed by atoms with Crippen molar-refractivity contribution in [3.8, 4) is 0 Å². The maximum absolute atomic E-state index is 3.48. The zero-order valence-electron chi connectivity index (χ0n) is 4.25. The summed E-state index contributed by atoms with van der Waals surface area (Å²) in [6, 6.07) is 0. The Morgan fingerprint density at radius 1 is 1.43 bits per heavy atom. The van der Waals surface area contributed by atoms with Crippen molar-refractivity contribution in [2.45, 2.75) is 13.3 Å². The van der Waals surface area contributed by atoms with Gasteiger partial charge in [0.15, 0.2) is 0 Å². The fourth-order valence-electron chi connectivity index (χ4n) is 0. The Hall–Kier alpha value is 1.19. The van der Waals surface area contributed by atoms with Crippen LogP contribution in [0.4, 0.5) is 0 Å². The van der Waals surface area contributed by atoms with E-state index in [1.807, 2.05) is 6.08 Å². The minimum absolute atomic E-state index is 0. The van der Waals surface area contributed by atoms with Gasteiger partial charge in [-0.25, -0.2) is 0 Å². The van der Waals surface area contributed by atoms with Crippen molar-refractivity contribution < 1.29 is 50.7 Å². The van der Waals surface area contributed by atoms with Crippen molar-refractivity contribution in [2.75, 3.05) is 0 Å². The van der Waals surface area contributed by atoms with Gasteiger partial charge in [0.1, 0.15) is 0 Å². The predicted octanol–water partition coefficient (Wildman–Crippen LogP) is -4.41. The van der Waals surface area contributed by atoms with Crippen LogP contribution in [-0.4, -0.2) is 0 Å². The normalized spacial score (nSPS) is 3.57. The zero-order chi connectivity index (χ0) is 3.41. The van der Waals surface area contributed by atoms with E-state index in [1.165, 1.54) is 0 Å². The van der Waals surface area contributed by atoms with Gasteiger partial charge in [-0.1, -0.05) is 13.0 Å². The van der Waals surface area contributed by atoms with E-state index in [-0.39, 0.29) is 50.7 Å². The SMILES string of the molecule is C=CCC.[Cl-].[Cl-].[Hf]. The Bertz CT molecular complexity index is 23.7. The van der Waals surface area contributed by atoms with Crippen molar-refractivity contribution >= 4 is 0 Å². The quantitative estimate of drug-likeness (QED) is 0.339. The molecule has 7 heavy (non-hydrogen) atoms. The molecule has 0 amide bonds. The van der Waals surface area contributed by atoms with Crippen molar-refractivity contribution in [1.29, 1.82) is 0 Å². The number of hydrogen-bond donors (Lipinski definition) is 0. The molecule has 0 rings (SSSR count). The molecule has 0 aliphatic heterocycles. The predicted molar refractivity (Wildman–Crippen MR) is 20.5 cm³/mol. The standard InChI is InChI=1S/C4H8.2ClH.Hf/c1-3-4-2;;;/h3H,1,4H2,2H3;2*1H;/p-2. The molecule has 0 heterocycles. The monoisotopic (exact) mass is 306 g/mol. The largest absolute Gasteiger partial charge is 1.00 e. The first-order valence-corrected chi connectivity index (χ1v) is 1.52. The molecule has 44 valence electrons. The van der Waals surface area contributed by atoms with Crippen LogP contribution in [0, 0.1) is 0 Å². The molecule has 0 N–H and O–H groups in total. The second-order valence-corrected chi connectivity index (χ2v) is 0.697. The van der Waals surface area contributed by atoms with Gasteiger partial charge in [0.05, 0.1) is 0 Å². The van der Waals surface area contributed by atoms with E-state index >= 15 is 0 Å². The third kappa shape index (κ3) is 40.4. The molecule has 0 fully saturated rings. The summed E-state index contributed by atoms with van der Waals surface area (Å²) in [4.78, 5) is 0. The van der Waals surface area contributed by atoms with Gasteiger partial charge >= 0.3 is 0 Å². The van der Waals surface area contributed by atoms with E-state index in [1.54, 1.807) is 0 Å². The molecule has 0 spiro atoms. The summed E-state index contributed by atoms with van der Waals surface area (Å²) in [6.07, 6.45) is 2.96. The summed E-state index contributed by atoms with van der Waals surface area (Å²) in [5.74, 6) is 0. The van der Waals surface area contributed by atoms with Gasteiger partial charge in [-0.3, -0.25) is 0 Å². The molecule has 0 saturated heterocycles. The molecule has 3 heteroatoms. The Morgan fingerprint density at radius 3 is 1.57 bits per heavy atom. The summed E-state index contributed by atoms with van der Waals surface area (Å²) in [6.45, 7) is 5.54. The maximum atomic E-state index is 3.48. The van der Waals surface area contributed by atoms with Crippen LogP contribution in [0.25, 0.3) is 0 Å². The second-order valence-electron chi connectivity index (χ2n) is 0.697. The summed E-state index contributed by atoms with van der Waals surface area (Å²) in [5, 5.41) is 0. The molecule has 0 atom stereocenters. The molecule has 0 saturated carbocycles. The van der Waals surface area contributed by atoms with Crippen LogP contribution in [0.1, 0.15) is 13.3 Å². The molecular formula is C4H8Cl2Hf-2. The van der Waals surface area contributed by atoms with Gasteiger partial charge in [-0.2, -0.15) is 0 Å². The first kappa shape index (κ1) is 24.1. The van der Waals surface area contributed by atoms with Crippen LogP contribution < -0.4 is 24.8 Å². The van der Waals surface area contributed by atoms with Gasteiger partial charge < -0.3 is 24.8 Å². The van der Waals surface area contributed by atoms with Gasteiger partial charge in [0.2, 0.25) is 0 Å². The van der Waals surface area contributed by atoms with Gasteiger partial charge in [0, 0.05) is 25.8 Å². The zero-order valence-corrected chi connectivity index (χ0v) is 9.35. The Labute approximate surface area is 76.4 Å². The minimum Gasteiger partial charge on any atom is -1.00 e. The molecule has 0 nitrogen and oxygen atoms in total. The van der Waals surface area contributed by atoms with Gasteiger partial charge in [0.25, 0.3) is 0 Å². The van der Waals surface area contributed by atoms with Gasteiger partial charge in [-0.15, -0.1) is 6.58 Å². The number of hydrogen-bond acceptors (Lipinski definition) is 0. The van der Waals surface area contributed by atoms with Crippen LogP contribution in [0.3, 0.4) is 0 Å². The van der Waals surface area contributed by atoms with Crippen molar-refractivity contribution in [3.05, 3.63) is 12.7 Å². The molecule has 0 aromatic rings. The fourth-order valence-corrected chi connectivity index (χ4v) is 0. The van der Waals surface area contributed by atoms with E-state index in [4.69, 9.17) is 0 Å². The minimum atomic E-state index is 0. The Kier molecular flexibility index (Phi) is 93.3. The van der Waals surface area contributed by atoms with E-state index in [9.17, 15) is 0 Å². The van der Waals surface area contributed by atoms with E-state index in [0.29, 0.717) is 0 Å². The number of allylic oxidation sites excluding steroid dienone is 1. The third-order valence-electron chi connectivity index (χ3n) is 0.289. The van der Waals surface area contributed by atoms with Crippen LogP contribution in [-0.2, 0) is 25.8 Å². The summed E-state index contributed by atoms with van der Waals surface area (Å²) < 4.78 is 0. The van der Waals surface area contributed by atoms with E-state index in [2.05, 4.69) is 13.5 Å². The maximum Gasteiger partial charge on any atom is 0 e. The van der Waals surface area contributed by atoms with Crippen molar-refractivity contribution in [1.82, 2.24) is 0 Å². The molecular weight excluding hydrogens is 297 g/mol. The van der Waals surface area contributed by atoms with Crippen molar-refractivity contribution in [2.24, 2.45) is 0 Å². The topological polar surface area (TPSA) is 0 Å². The van der Waals surface area contributed by atoms with Crippen LogP contribution in [0.2, 0.25) is 0 Å². The number of rotatable bonds is 1. The average Bonchev–Trinajstić information content (AvgIpc) is 1.37. The first-order valence-electron chi connectivity index (χ1n) is 1.52. The Morgan fingerprint density at radius 2 is 1.57 bits per heavy atom. The fraction of sp³-hybridized carbons (Fsp3) is 0.500. The average molecular weight is 306 g/mol. The molecule has 0 radical (unpaired) electrons. The smallest absolute Gasteiger partial charge is 0 e. The van der Waals surface area contributed by atoms with E-state index in [0.717, 1.165) is 6.42 Å². The molecule has 0 aliphatic carbocycles. The molecule has 0 bridgehead atoms. The number of halogens is 2. The van der Waals surface area contributed by atoms with Crippen LogP contribution in [0.5, 0.6) is 0 Å². The summed E-state index contributed by atoms with van der Waals surface area (Å²) in [7, 11) is 0.